The molecule has 1 atom stereocenters. The van der Waals surface area contributed by atoms with Crippen LogP contribution < -0.4 is 10.6 Å². The smallest absolute Gasteiger partial charge is 0.234 e. The lowest BCUT2D eigenvalue weighted by molar-refractivity contribution is -0.127. The summed E-state index contributed by atoms with van der Waals surface area (Å²) in [5.41, 5.74) is 0.883. The summed E-state index contributed by atoms with van der Waals surface area (Å²) in [5, 5.41) is 6.56. The van der Waals surface area contributed by atoms with E-state index < -0.39 is 0 Å². The van der Waals surface area contributed by atoms with E-state index in [1.807, 2.05) is 17.9 Å². The van der Waals surface area contributed by atoms with Gasteiger partial charge in [-0.05, 0) is 24.6 Å². The van der Waals surface area contributed by atoms with Crippen LogP contribution >= 0.6 is 23.2 Å². The van der Waals surface area contributed by atoms with Gasteiger partial charge in [0.25, 0.3) is 0 Å². The van der Waals surface area contributed by atoms with Gasteiger partial charge in [-0.3, -0.25) is 14.5 Å². The van der Waals surface area contributed by atoms with Crippen molar-refractivity contribution in [1.82, 2.24) is 15.5 Å². The van der Waals surface area contributed by atoms with Crippen LogP contribution in [0.25, 0.3) is 0 Å². The van der Waals surface area contributed by atoms with E-state index in [1.54, 1.807) is 12.1 Å². The zero-order valence-corrected chi connectivity index (χ0v) is 13.2. The Labute approximate surface area is 133 Å². The molecule has 0 aliphatic carbocycles. The van der Waals surface area contributed by atoms with E-state index in [4.69, 9.17) is 23.2 Å². The Morgan fingerprint density at radius 1 is 1.43 bits per heavy atom. The lowest BCUT2D eigenvalue weighted by Crippen LogP contribution is -2.50. The molecule has 1 fully saturated rings. The molecule has 0 bridgehead atoms. The third-order valence-electron chi connectivity index (χ3n) is 3.31. The van der Waals surface area contributed by atoms with Gasteiger partial charge in [-0.1, -0.05) is 29.3 Å². The summed E-state index contributed by atoms with van der Waals surface area (Å²) in [4.78, 5) is 25.1. The van der Waals surface area contributed by atoms with Crippen molar-refractivity contribution in [3.63, 3.8) is 0 Å². The summed E-state index contributed by atoms with van der Waals surface area (Å²) in [6.07, 6.45) is 0. The number of benzene rings is 1. The fraction of sp³-hybridized carbons (Fsp3) is 0.429. The quantitative estimate of drug-likeness (QED) is 0.882. The fourth-order valence-electron chi connectivity index (χ4n) is 2.18. The van der Waals surface area contributed by atoms with Crippen LogP contribution in [0.3, 0.4) is 0 Å². The second-order valence-electron chi connectivity index (χ2n) is 5.02. The number of hydrogen-bond donors (Lipinski definition) is 2. The standard InChI is InChI=1S/C14H17Cl2N3O2/c1-9(10-2-3-11(15)12(16)6-10)18-14(21)8-19-5-4-17-13(20)7-19/h2-3,6,9H,4-5,7-8H2,1H3,(H,17,20)(H,18,21)/t9-/m1/s1. The number of piperazine rings is 1. The third kappa shape index (κ3) is 4.59. The van der Waals surface area contributed by atoms with Crippen molar-refractivity contribution in [1.29, 1.82) is 0 Å². The second-order valence-corrected chi connectivity index (χ2v) is 5.84. The zero-order chi connectivity index (χ0) is 15.4. The van der Waals surface area contributed by atoms with Crippen LogP contribution in [-0.4, -0.2) is 42.9 Å². The van der Waals surface area contributed by atoms with Gasteiger partial charge in [-0.2, -0.15) is 0 Å². The van der Waals surface area contributed by atoms with Crippen molar-refractivity contribution in [2.75, 3.05) is 26.2 Å². The van der Waals surface area contributed by atoms with Gasteiger partial charge in [0.15, 0.2) is 0 Å². The molecule has 1 aromatic carbocycles. The zero-order valence-electron chi connectivity index (χ0n) is 11.7. The Bertz CT molecular complexity index is 551. The number of carbonyl (C=O) groups excluding carboxylic acids is 2. The van der Waals surface area contributed by atoms with Gasteiger partial charge >= 0.3 is 0 Å². The van der Waals surface area contributed by atoms with Crippen molar-refractivity contribution >= 4 is 35.0 Å². The predicted molar refractivity (Wildman–Crippen MR) is 82.5 cm³/mol. The van der Waals surface area contributed by atoms with E-state index in [0.29, 0.717) is 23.1 Å². The lowest BCUT2D eigenvalue weighted by Gasteiger charge is -2.26. The molecule has 2 amide bonds. The number of nitrogens with zero attached hydrogens (tertiary/aromatic N) is 1. The normalized spacial score (nSPS) is 17.2. The molecule has 2 rings (SSSR count). The average Bonchev–Trinajstić information content (AvgIpc) is 2.41. The molecule has 114 valence electrons. The Morgan fingerprint density at radius 3 is 2.86 bits per heavy atom. The van der Waals surface area contributed by atoms with Gasteiger partial charge in [-0.25, -0.2) is 0 Å². The van der Waals surface area contributed by atoms with E-state index in [2.05, 4.69) is 10.6 Å². The topological polar surface area (TPSA) is 61.4 Å². The fourth-order valence-corrected chi connectivity index (χ4v) is 2.49. The molecule has 5 nitrogen and oxygen atoms in total. The average molecular weight is 330 g/mol. The minimum Gasteiger partial charge on any atom is -0.354 e. The van der Waals surface area contributed by atoms with Crippen LogP contribution in [0, 0.1) is 0 Å². The van der Waals surface area contributed by atoms with E-state index in [9.17, 15) is 9.59 Å². The van der Waals surface area contributed by atoms with Crippen LogP contribution in [-0.2, 0) is 9.59 Å². The van der Waals surface area contributed by atoms with Crippen LogP contribution in [0.4, 0.5) is 0 Å². The first-order valence-corrected chi connectivity index (χ1v) is 7.44. The largest absolute Gasteiger partial charge is 0.354 e. The Morgan fingerprint density at radius 2 is 2.19 bits per heavy atom. The summed E-state index contributed by atoms with van der Waals surface area (Å²) in [5.74, 6) is -0.171. The molecule has 21 heavy (non-hydrogen) atoms. The maximum atomic E-state index is 12.0. The van der Waals surface area contributed by atoms with Crippen molar-refractivity contribution < 1.29 is 9.59 Å². The molecule has 0 aromatic heterocycles. The third-order valence-corrected chi connectivity index (χ3v) is 4.04. The summed E-state index contributed by atoms with van der Waals surface area (Å²) < 4.78 is 0. The minimum atomic E-state index is -0.175. The van der Waals surface area contributed by atoms with E-state index in [-0.39, 0.29) is 30.9 Å². The molecule has 0 saturated carbocycles. The van der Waals surface area contributed by atoms with Crippen LogP contribution in [0.5, 0.6) is 0 Å². The number of carbonyl (C=O) groups is 2. The molecule has 1 aliphatic rings. The maximum absolute atomic E-state index is 12.0. The first kappa shape index (κ1) is 16.1. The van der Waals surface area contributed by atoms with Gasteiger partial charge in [0.1, 0.15) is 0 Å². The number of hydrogen-bond acceptors (Lipinski definition) is 3. The van der Waals surface area contributed by atoms with Crippen molar-refractivity contribution in [3.05, 3.63) is 33.8 Å². The number of nitrogens with one attached hydrogen (secondary N) is 2. The molecule has 1 heterocycles. The monoisotopic (exact) mass is 329 g/mol. The molecular formula is C14H17Cl2N3O2. The summed E-state index contributed by atoms with van der Waals surface area (Å²) in [7, 11) is 0. The Hall–Kier alpha value is -1.30. The first-order chi connectivity index (χ1) is 9.95. The SMILES string of the molecule is C[C@@H](NC(=O)CN1CCNC(=O)C1)c1ccc(Cl)c(Cl)c1. The highest BCUT2D eigenvalue weighted by atomic mass is 35.5. The predicted octanol–water partition coefficient (Wildman–Crippen LogP) is 1.60. The lowest BCUT2D eigenvalue weighted by atomic mass is 10.1. The molecule has 0 radical (unpaired) electrons. The van der Waals surface area contributed by atoms with Crippen LogP contribution in [0.15, 0.2) is 18.2 Å². The van der Waals surface area contributed by atoms with Crippen LogP contribution in [0.2, 0.25) is 10.0 Å². The number of amides is 2. The molecule has 7 heteroatoms. The molecule has 0 unspecified atom stereocenters. The maximum Gasteiger partial charge on any atom is 0.234 e. The molecule has 1 aliphatic heterocycles. The van der Waals surface area contributed by atoms with E-state index in [1.165, 1.54) is 0 Å². The van der Waals surface area contributed by atoms with Gasteiger partial charge in [0, 0.05) is 13.1 Å². The first-order valence-electron chi connectivity index (χ1n) is 6.69. The second kappa shape index (κ2) is 7.11. The molecule has 1 aromatic rings. The van der Waals surface area contributed by atoms with Crippen molar-refractivity contribution in [2.24, 2.45) is 0 Å². The van der Waals surface area contributed by atoms with Crippen LogP contribution in [0.1, 0.15) is 18.5 Å². The van der Waals surface area contributed by atoms with Crippen molar-refractivity contribution in [2.45, 2.75) is 13.0 Å². The molecular weight excluding hydrogens is 313 g/mol. The molecule has 1 saturated heterocycles. The summed E-state index contributed by atoms with van der Waals surface area (Å²) in [6, 6.07) is 5.10. The highest BCUT2D eigenvalue weighted by Crippen LogP contribution is 2.25. The Kier molecular flexibility index (Phi) is 5.45. The van der Waals surface area contributed by atoms with E-state index >= 15 is 0 Å². The van der Waals surface area contributed by atoms with Gasteiger partial charge in [-0.15, -0.1) is 0 Å². The number of halogens is 2. The number of rotatable bonds is 4. The van der Waals surface area contributed by atoms with Gasteiger partial charge in [0.2, 0.25) is 11.8 Å². The highest BCUT2D eigenvalue weighted by molar-refractivity contribution is 6.42. The Balaban J connectivity index is 1.89. The van der Waals surface area contributed by atoms with Crippen molar-refractivity contribution in [3.8, 4) is 0 Å². The molecule has 2 N–H and O–H groups in total. The molecule has 0 spiro atoms. The van der Waals surface area contributed by atoms with E-state index in [0.717, 1.165) is 5.56 Å². The summed E-state index contributed by atoms with van der Waals surface area (Å²) in [6.45, 7) is 3.60. The minimum absolute atomic E-state index is 0.0495. The van der Waals surface area contributed by atoms with Gasteiger partial charge in [0.05, 0.1) is 29.2 Å². The highest BCUT2D eigenvalue weighted by Gasteiger charge is 2.19. The van der Waals surface area contributed by atoms with Gasteiger partial charge < -0.3 is 10.6 Å². The summed E-state index contributed by atoms with van der Waals surface area (Å²) >= 11 is 11.8.